The highest BCUT2D eigenvalue weighted by molar-refractivity contribution is 5.14. The van der Waals surface area contributed by atoms with E-state index in [2.05, 4.69) is 0 Å². The lowest BCUT2D eigenvalue weighted by molar-refractivity contribution is -0.225. The van der Waals surface area contributed by atoms with Gasteiger partial charge in [0.15, 0.2) is 12.1 Å². The molecular formula is C22H26O5. The van der Waals surface area contributed by atoms with Gasteiger partial charge in [-0.25, -0.2) is 0 Å². The molecule has 2 fully saturated rings. The molecule has 5 heteroatoms. The van der Waals surface area contributed by atoms with Crippen LogP contribution >= 0.6 is 0 Å². The van der Waals surface area contributed by atoms with Gasteiger partial charge in [0.25, 0.3) is 0 Å². The van der Waals surface area contributed by atoms with Crippen molar-refractivity contribution < 1.29 is 23.7 Å². The molecule has 27 heavy (non-hydrogen) atoms. The molecule has 2 aromatic rings. The number of benzene rings is 2. The highest BCUT2D eigenvalue weighted by Gasteiger charge is 2.55. The first-order valence-corrected chi connectivity index (χ1v) is 9.39. The van der Waals surface area contributed by atoms with Gasteiger partial charge < -0.3 is 23.7 Å². The third-order valence-corrected chi connectivity index (χ3v) is 4.77. The fourth-order valence-corrected chi connectivity index (χ4v) is 3.52. The normalized spacial score (nSPS) is 29.0. The second kappa shape index (κ2) is 8.09. The molecular weight excluding hydrogens is 344 g/mol. The van der Waals surface area contributed by atoms with Crippen LogP contribution in [0, 0.1) is 0 Å². The minimum absolute atomic E-state index is 0.233. The summed E-state index contributed by atoms with van der Waals surface area (Å²) in [4.78, 5) is 0. The molecule has 2 heterocycles. The minimum atomic E-state index is -0.667. The van der Waals surface area contributed by atoms with Crippen molar-refractivity contribution in [2.45, 2.75) is 57.5 Å². The zero-order valence-corrected chi connectivity index (χ0v) is 15.7. The van der Waals surface area contributed by atoms with Crippen LogP contribution in [-0.4, -0.2) is 37.0 Å². The number of fused-ring (bicyclic) bond motifs is 1. The maximum absolute atomic E-state index is 6.20. The molecule has 0 radical (unpaired) electrons. The van der Waals surface area contributed by atoms with Crippen LogP contribution in [0.15, 0.2) is 60.7 Å². The maximum atomic E-state index is 6.20. The SMILES string of the molecule is CC1(C)O[C@@H]2O[C@H](COCc3ccccc3)[C@H](OCc3ccccc3)[C@@H]2O1. The summed E-state index contributed by atoms with van der Waals surface area (Å²) in [6.07, 6.45) is -1.16. The monoisotopic (exact) mass is 370 g/mol. The lowest BCUT2D eigenvalue weighted by Gasteiger charge is -2.26. The van der Waals surface area contributed by atoms with Crippen LogP contribution in [0.1, 0.15) is 25.0 Å². The Hall–Kier alpha value is -1.76. The van der Waals surface area contributed by atoms with E-state index in [1.807, 2.05) is 74.5 Å². The topological polar surface area (TPSA) is 46.2 Å². The Balaban J connectivity index is 1.38. The van der Waals surface area contributed by atoms with Crippen molar-refractivity contribution in [2.75, 3.05) is 6.61 Å². The largest absolute Gasteiger partial charge is 0.374 e. The fraction of sp³-hybridized carbons (Fsp3) is 0.455. The van der Waals surface area contributed by atoms with E-state index < -0.39 is 12.1 Å². The first-order valence-electron chi connectivity index (χ1n) is 9.39. The third-order valence-electron chi connectivity index (χ3n) is 4.77. The molecule has 4 rings (SSSR count). The molecule has 5 nitrogen and oxygen atoms in total. The van der Waals surface area contributed by atoms with Gasteiger partial charge in [-0.1, -0.05) is 60.7 Å². The smallest absolute Gasteiger partial charge is 0.190 e. The lowest BCUT2D eigenvalue weighted by atomic mass is 10.1. The summed E-state index contributed by atoms with van der Waals surface area (Å²) in [6, 6.07) is 20.2. The molecule has 0 aromatic heterocycles. The van der Waals surface area contributed by atoms with Crippen molar-refractivity contribution in [2.24, 2.45) is 0 Å². The van der Waals surface area contributed by atoms with E-state index >= 15 is 0 Å². The third kappa shape index (κ3) is 4.57. The van der Waals surface area contributed by atoms with Gasteiger partial charge in [0.1, 0.15) is 18.3 Å². The second-order valence-electron chi connectivity index (χ2n) is 7.41. The summed E-state index contributed by atoms with van der Waals surface area (Å²) >= 11 is 0. The lowest BCUT2D eigenvalue weighted by Crippen LogP contribution is -2.38. The summed E-state index contributed by atoms with van der Waals surface area (Å²) in [6.45, 7) is 5.24. The molecule has 144 valence electrons. The van der Waals surface area contributed by atoms with Crippen molar-refractivity contribution >= 4 is 0 Å². The van der Waals surface area contributed by atoms with Crippen molar-refractivity contribution in [1.82, 2.24) is 0 Å². The molecule has 4 atom stereocenters. The van der Waals surface area contributed by atoms with Crippen LogP contribution in [0.25, 0.3) is 0 Å². The van der Waals surface area contributed by atoms with E-state index in [0.29, 0.717) is 19.8 Å². The van der Waals surface area contributed by atoms with Gasteiger partial charge in [-0.2, -0.15) is 0 Å². The van der Waals surface area contributed by atoms with Crippen molar-refractivity contribution in [3.8, 4) is 0 Å². The number of ether oxygens (including phenoxy) is 5. The first kappa shape index (κ1) is 18.6. The zero-order chi connectivity index (χ0) is 18.7. The Kier molecular flexibility index (Phi) is 5.57. The van der Waals surface area contributed by atoms with Gasteiger partial charge in [0, 0.05) is 0 Å². The molecule has 0 bridgehead atoms. The highest BCUT2D eigenvalue weighted by Crippen LogP contribution is 2.39. The second-order valence-corrected chi connectivity index (χ2v) is 7.41. The van der Waals surface area contributed by atoms with Gasteiger partial charge >= 0.3 is 0 Å². The quantitative estimate of drug-likeness (QED) is 0.744. The van der Waals surface area contributed by atoms with Crippen molar-refractivity contribution in [1.29, 1.82) is 0 Å². The number of rotatable bonds is 7. The highest BCUT2D eigenvalue weighted by atomic mass is 16.8. The van der Waals surface area contributed by atoms with Gasteiger partial charge in [-0.15, -0.1) is 0 Å². The molecule has 0 aliphatic carbocycles. The Labute approximate surface area is 160 Å². The van der Waals surface area contributed by atoms with E-state index in [1.54, 1.807) is 0 Å². The fourth-order valence-electron chi connectivity index (χ4n) is 3.52. The molecule has 2 aliphatic rings. The average molecular weight is 370 g/mol. The molecule has 0 N–H and O–H groups in total. The van der Waals surface area contributed by atoms with Gasteiger partial charge in [-0.3, -0.25) is 0 Å². The van der Waals surface area contributed by atoms with Crippen LogP contribution < -0.4 is 0 Å². The number of hydrogen-bond acceptors (Lipinski definition) is 5. The Morgan fingerprint density at radius 2 is 1.48 bits per heavy atom. The van der Waals surface area contributed by atoms with Crippen LogP contribution in [0.5, 0.6) is 0 Å². The van der Waals surface area contributed by atoms with Crippen LogP contribution in [-0.2, 0) is 36.9 Å². The zero-order valence-electron chi connectivity index (χ0n) is 15.7. The number of hydrogen-bond donors (Lipinski definition) is 0. The molecule has 0 amide bonds. The van der Waals surface area contributed by atoms with Gasteiger partial charge in [0.2, 0.25) is 0 Å². The van der Waals surface area contributed by atoms with Crippen molar-refractivity contribution in [3.63, 3.8) is 0 Å². The maximum Gasteiger partial charge on any atom is 0.190 e. The summed E-state index contributed by atoms with van der Waals surface area (Å²) in [5, 5.41) is 0. The van der Waals surface area contributed by atoms with Crippen molar-refractivity contribution in [3.05, 3.63) is 71.8 Å². The first-order chi connectivity index (χ1) is 13.1. The van der Waals surface area contributed by atoms with E-state index in [9.17, 15) is 0 Å². The molecule has 0 spiro atoms. The van der Waals surface area contributed by atoms with E-state index in [1.165, 1.54) is 0 Å². The Morgan fingerprint density at radius 1 is 0.852 bits per heavy atom. The minimum Gasteiger partial charge on any atom is -0.374 e. The standard InChI is InChI=1S/C22H26O5/c1-22(2)26-20-19(24-14-17-11-7-4-8-12-17)18(25-21(20)27-22)15-23-13-16-9-5-3-6-10-16/h3-12,18-21H,13-15H2,1-2H3/t18-,19+,20+,21+/m1/s1. The van der Waals surface area contributed by atoms with E-state index in [0.717, 1.165) is 11.1 Å². The Bertz CT molecular complexity index is 718. The van der Waals surface area contributed by atoms with E-state index in [4.69, 9.17) is 23.7 Å². The predicted octanol–water partition coefficient (Wildman–Crippen LogP) is 3.67. The summed E-state index contributed by atoms with van der Waals surface area (Å²) in [5.41, 5.74) is 2.24. The molecule has 2 saturated heterocycles. The van der Waals surface area contributed by atoms with E-state index in [-0.39, 0.29) is 18.3 Å². The van der Waals surface area contributed by atoms with Crippen LogP contribution in [0.2, 0.25) is 0 Å². The van der Waals surface area contributed by atoms with Gasteiger partial charge in [-0.05, 0) is 25.0 Å². The van der Waals surface area contributed by atoms with Crippen LogP contribution in [0.3, 0.4) is 0 Å². The van der Waals surface area contributed by atoms with Gasteiger partial charge in [0.05, 0.1) is 19.8 Å². The molecule has 0 unspecified atom stereocenters. The summed E-state index contributed by atoms with van der Waals surface area (Å²) in [7, 11) is 0. The predicted molar refractivity (Wildman–Crippen MR) is 99.8 cm³/mol. The molecule has 2 aromatic carbocycles. The summed E-state index contributed by atoms with van der Waals surface area (Å²) < 4.78 is 30.1. The molecule has 2 aliphatic heterocycles. The Morgan fingerprint density at radius 3 is 2.15 bits per heavy atom. The average Bonchev–Trinajstić information content (AvgIpc) is 3.13. The molecule has 0 saturated carbocycles. The summed E-state index contributed by atoms with van der Waals surface area (Å²) in [5.74, 6) is -0.667. The van der Waals surface area contributed by atoms with Crippen LogP contribution in [0.4, 0.5) is 0 Å².